The van der Waals surface area contributed by atoms with Gasteiger partial charge in [0.25, 0.3) is 0 Å². The predicted molar refractivity (Wildman–Crippen MR) is 79.7 cm³/mol. The molecule has 1 aliphatic carbocycles. The minimum Gasteiger partial charge on any atom is -0.396 e. The number of nitrogens with zero attached hydrogens (tertiary/aromatic N) is 1. The van der Waals surface area contributed by atoms with Gasteiger partial charge in [0.05, 0.1) is 5.75 Å². The number of rotatable bonds is 5. The minimum atomic E-state index is -3.27. The first-order chi connectivity index (χ1) is 9.53. The van der Waals surface area contributed by atoms with Gasteiger partial charge in [0.2, 0.25) is 10.0 Å². The Morgan fingerprint density at radius 2 is 1.75 bits per heavy atom. The van der Waals surface area contributed by atoms with E-state index in [9.17, 15) is 8.42 Å². The van der Waals surface area contributed by atoms with Gasteiger partial charge in [0, 0.05) is 19.7 Å². The summed E-state index contributed by atoms with van der Waals surface area (Å²) in [6, 6.07) is 9.36. The molecular weight excluding hydrogens is 274 g/mol. The number of sulfonamides is 1. The van der Waals surface area contributed by atoms with Crippen molar-refractivity contribution in [2.24, 2.45) is 5.92 Å². The summed E-state index contributed by atoms with van der Waals surface area (Å²) in [6.07, 6.45) is 3.50. The van der Waals surface area contributed by atoms with Crippen LogP contribution in [0.5, 0.6) is 0 Å². The van der Waals surface area contributed by atoms with E-state index in [0.29, 0.717) is 5.92 Å². The molecule has 0 bridgehead atoms. The monoisotopic (exact) mass is 297 g/mol. The van der Waals surface area contributed by atoms with Crippen LogP contribution in [0.15, 0.2) is 30.3 Å². The van der Waals surface area contributed by atoms with Crippen molar-refractivity contribution in [3.63, 3.8) is 0 Å². The van der Waals surface area contributed by atoms with Crippen LogP contribution in [-0.4, -0.2) is 37.5 Å². The van der Waals surface area contributed by atoms with Gasteiger partial charge in [-0.25, -0.2) is 12.7 Å². The van der Waals surface area contributed by atoms with Crippen LogP contribution in [0.1, 0.15) is 31.2 Å². The summed E-state index contributed by atoms with van der Waals surface area (Å²) in [5, 5.41) is 9.14. The Morgan fingerprint density at radius 1 is 1.15 bits per heavy atom. The van der Waals surface area contributed by atoms with E-state index in [2.05, 4.69) is 0 Å². The van der Waals surface area contributed by atoms with E-state index < -0.39 is 10.0 Å². The number of aliphatic hydroxyl groups excluding tert-OH is 1. The van der Waals surface area contributed by atoms with Crippen molar-refractivity contribution < 1.29 is 13.5 Å². The molecule has 5 heteroatoms. The van der Waals surface area contributed by atoms with Gasteiger partial charge in [-0.3, -0.25) is 0 Å². The molecule has 20 heavy (non-hydrogen) atoms. The number of aliphatic hydroxyl groups is 1. The summed E-state index contributed by atoms with van der Waals surface area (Å²) in [7, 11) is -1.58. The Labute approximate surface area is 121 Å². The summed E-state index contributed by atoms with van der Waals surface area (Å²) >= 11 is 0. The average molecular weight is 297 g/mol. The first-order valence-corrected chi connectivity index (χ1v) is 8.74. The third-order valence-corrected chi connectivity index (χ3v) is 6.09. The average Bonchev–Trinajstić information content (AvgIpc) is 2.47. The minimum absolute atomic E-state index is 0.0598. The maximum atomic E-state index is 12.4. The molecule has 0 heterocycles. The van der Waals surface area contributed by atoms with Gasteiger partial charge >= 0.3 is 0 Å². The van der Waals surface area contributed by atoms with Gasteiger partial charge in [0.1, 0.15) is 0 Å². The maximum Gasteiger partial charge on any atom is 0.218 e. The van der Waals surface area contributed by atoms with Gasteiger partial charge in [-0.2, -0.15) is 0 Å². The van der Waals surface area contributed by atoms with E-state index >= 15 is 0 Å². The molecule has 0 spiro atoms. The Kier molecular flexibility index (Phi) is 5.18. The first-order valence-electron chi connectivity index (χ1n) is 7.13. The molecular formula is C15H23NO3S. The molecule has 1 aliphatic rings. The molecule has 0 unspecified atom stereocenters. The summed E-state index contributed by atoms with van der Waals surface area (Å²) in [4.78, 5) is 0. The number of hydrogen-bond donors (Lipinski definition) is 1. The molecule has 0 radical (unpaired) electrons. The van der Waals surface area contributed by atoms with Crippen LogP contribution in [0.2, 0.25) is 0 Å². The van der Waals surface area contributed by atoms with Crippen LogP contribution in [0.4, 0.5) is 0 Å². The molecule has 1 saturated carbocycles. The fraction of sp³-hybridized carbons (Fsp3) is 0.600. The van der Waals surface area contributed by atoms with Crippen LogP contribution < -0.4 is 0 Å². The number of benzene rings is 1. The number of hydrogen-bond acceptors (Lipinski definition) is 3. The Balaban J connectivity index is 1.99. The molecule has 1 aromatic carbocycles. The van der Waals surface area contributed by atoms with E-state index in [-0.39, 0.29) is 18.4 Å². The van der Waals surface area contributed by atoms with E-state index in [1.54, 1.807) is 7.05 Å². The normalized spacial score (nSPS) is 23.9. The smallest absolute Gasteiger partial charge is 0.218 e. The molecule has 2 rings (SSSR count). The van der Waals surface area contributed by atoms with Crippen molar-refractivity contribution in [3.05, 3.63) is 35.9 Å². The highest BCUT2D eigenvalue weighted by Crippen LogP contribution is 2.28. The molecule has 0 atom stereocenters. The van der Waals surface area contributed by atoms with Crippen molar-refractivity contribution in [1.29, 1.82) is 0 Å². The molecule has 112 valence electrons. The second-order valence-corrected chi connectivity index (χ2v) is 7.64. The molecule has 0 aromatic heterocycles. The van der Waals surface area contributed by atoms with Crippen molar-refractivity contribution in [1.82, 2.24) is 4.31 Å². The summed E-state index contributed by atoms with van der Waals surface area (Å²) in [5.74, 6) is 0.404. The Bertz CT molecular complexity index is 507. The largest absolute Gasteiger partial charge is 0.396 e. The van der Waals surface area contributed by atoms with Gasteiger partial charge in [-0.05, 0) is 37.2 Å². The molecule has 1 fully saturated rings. The van der Waals surface area contributed by atoms with E-state index in [4.69, 9.17) is 5.11 Å². The van der Waals surface area contributed by atoms with Crippen LogP contribution in [0, 0.1) is 5.92 Å². The molecule has 4 nitrogen and oxygen atoms in total. The molecule has 0 aliphatic heterocycles. The molecule has 0 saturated heterocycles. The van der Waals surface area contributed by atoms with Gasteiger partial charge in [0.15, 0.2) is 0 Å². The van der Waals surface area contributed by atoms with E-state index in [1.807, 2.05) is 30.3 Å². The second kappa shape index (κ2) is 6.70. The van der Waals surface area contributed by atoms with Crippen LogP contribution in [0.3, 0.4) is 0 Å². The van der Waals surface area contributed by atoms with Crippen LogP contribution >= 0.6 is 0 Å². The highest BCUT2D eigenvalue weighted by molar-refractivity contribution is 7.88. The zero-order valence-electron chi connectivity index (χ0n) is 11.9. The van der Waals surface area contributed by atoms with Crippen molar-refractivity contribution in [2.75, 3.05) is 13.7 Å². The van der Waals surface area contributed by atoms with E-state index in [1.165, 1.54) is 4.31 Å². The van der Waals surface area contributed by atoms with Gasteiger partial charge in [-0.1, -0.05) is 30.3 Å². The summed E-state index contributed by atoms with van der Waals surface area (Å²) in [6.45, 7) is 0.215. The molecule has 0 amide bonds. The zero-order chi connectivity index (χ0) is 14.6. The lowest BCUT2D eigenvalue weighted by atomic mass is 9.87. The maximum absolute atomic E-state index is 12.4. The fourth-order valence-corrected chi connectivity index (χ4v) is 4.29. The van der Waals surface area contributed by atoms with E-state index in [0.717, 1.165) is 31.2 Å². The first kappa shape index (κ1) is 15.5. The lowest BCUT2D eigenvalue weighted by Gasteiger charge is -2.33. The van der Waals surface area contributed by atoms with Crippen molar-refractivity contribution >= 4 is 10.0 Å². The topological polar surface area (TPSA) is 57.6 Å². The molecule has 1 N–H and O–H groups in total. The third kappa shape index (κ3) is 3.81. The lowest BCUT2D eigenvalue weighted by Crippen LogP contribution is -2.40. The van der Waals surface area contributed by atoms with Gasteiger partial charge in [-0.15, -0.1) is 0 Å². The van der Waals surface area contributed by atoms with Crippen LogP contribution in [0.25, 0.3) is 0 Å². The highest BCUT2D eigenvalue weighted by atomic mass is 32.2. The fourth-order valence-electron chi connectivity index (χ4n) is 2.80. The lowest BCUT2D eigenvalue weighted by molar-refractivity contribution is 0.159. The standard InChI is InChI=1S/C15H23NO3S/c1-16(15-9-7-13(11-17)8-10-15)20(18,19)12-14-5-3-2-4-6-14/h2-6,13,15,17H,7-12H2,1H3. The third-order valence-electron chi connectivity index (χ3n) is 4.22. The Hall–Kier alpha value is -0.910. The SMILES string of the molecule is CN(C1CCC(CO)CC1)S(=O)(=O)Cc1ccccc1. The zero-order valence-corrected chi connectivity index (χ0v) is 12.7. The Morgan fingerprint density at radius 3 is 2.30 bits per heavy atom. The van der Waals surface area contributed by atoms with Crippen molar-refractivity contribution in [3.8, 4) is 0 Å². The quantitative estimate of drug-likeness (QED) is 0.904. The summed E-state index contributed by atoms with van der Waals surface area (Å²) in [5.41, 5.74) is 0.823. The second-order valence-electron chi connectivity index (χ2n) is 5.62. The summed E-state index contributed by atoms with van der Waals surface area (Å²) < 4.78 is 26.4. The predicted octanol–water partition coefficient (Wildman–Crippen LogP) is 2.00. The van der Waals surface area contributed by atoms with Crippen LogP contribution in [-0.2, 0) is 15.8 Å². The van der Waals surface area contributed by atoms with Crippen molar-refractivity contribution in [2.45, 2.75) is 37.5 Å². The molecule has 1 aromatic rings. The van der Waals surface area contributed by atoms with Gasteiger partial charge < -0.3 is 5.11 Å². The highest BCUT2D eigenvalue weighted by Gasteiger charge is 2.30.